The molecule has 0 aromatic heterocycles. The summed E-state index contributed by atoms with van der Waals surface area (Å²) < 4.78 is 25.0. The molecule has 0 saturated heterocycles. The molecule has 0 radical (unpaired) electrons. The number of rotatable bonds is 3. The van der Waals surface area contributed by atoms with Crippen LogP contribution in [0.1, 0.15) is 31.2 Å². The fourth-order valence-corrected chi connectivity index (χ4v) is 5.75. The fraction of sp³-hybridized carbons (Fsp3) is 0.600. The van der Waals surface area contributed by atoms with Gasteiger partial charge in [0.1, 0.15) is 0 Å². The van der Waals surface area contributed by atoms with E-state index in [2.05, 4.69) is 0 Å². The lowest BCUT2D eigenvalue weighted by atomic mass is 9.90. The van der Waals surface area contributed by atoms with Gasteiger partial charge in [0.2, 0.25) is 0 Å². The van der Waals surface area contributed by atoms with Crippen LogP contribution in [-0.2, 0) is 9.84 Å². The number of anilines is 1. The molecule has 0 heterocycles. The van der Waals surface area contributed by atoms with Gasteiger partial charge in [-0.3, -0.25) is 0 Å². The number of hydrogen-bond donors (Lipinski definition) is 1. The Morgan fingerprint density at radius 2 is 2.05 bits per heavy atom. The number of aryl methyl sites for hydroxylation is 1. The Morgan fingerprint density at radius 3 is 2.63 bits per heavy atom. The zero-order valence-corrected chi connectivity index (χ0v) is 12.1. The molecule has 3 rings (SSSR count). The Morgan fingerprint density at radius 1 is 1.26 bits per heavy atom. The lowest BCUT2D eigenvalue weighted by Gasteiger charge is -2.21. The summed E-state index contributed by atoms with van der Waals surface area (Å²) in [5, 5.41) is 0. The lowest BCUT2D eigenvalue weighted by Crippen LogP contribution is -2.22. The molecule has 104 valence electrons. The van der Waals surface area contributed by atoms with E-state index in [-0.39, 0.29) is 5.75 Å². The van der Waals surface area contributed by atoms with Gasteiger partial charge in [-0.2, -0.15) is 0 Å². The molecule has 0 aliphatic heterocycles. The topological polar surface area (TPSA) is 60.2 Å². The van der Waals surface area contributed by atoms with E-state index < -0.39 is 9.84 Å². The van der Waals surface area contributed by atoms with Gasteiger partial charge in [0.05, 0.1) is 16.3 Å². The zero-order chi connectivity index (χ0) is 13.6. The van der Waals surface area contributed by atoms with Crippen LogP contribution in [0.5, 0.6) is 0 Å². The van der Waals surface area contributed by atoms with Crippen molar-refractivity contribution in [1.82, 2.24) is 0 Å². The average molecular weight is 279 g/mol. The van der Waals surface area contributed by atoms with Crippen LogP contribution in [0.3, 0.4) is 0 Å². The minimum absolute atomic E-state index is 0.279. The van der Waals surface area contributed by atoms with Crippen LogP contribution in [0.4, 0.5) is 5.69 Å². The number of sulfone groups is 1. The van der Waals surface area contributed by atoms with Crippen molar-refractivity contribution in [2.24, 2.45) is 17.8 Å². The minimum atomic E-state index is -3.24. The summed E-state index contributed by atoms with van der Waals surface area (Å²) in [7, 11) is -3.24. The summed E-state index contributed by atoms with van der Waals surface area (Å²) in [5.74, 6) is 2.04. The van der Waals surface area contributed by atoms with Crippen LogP contribution in [0, 0.1) is 24.7 Å². The van der Waals surface area contributed by atoms with Crippen molar-refractivity contribution in [3.05, 3.63) is 23.8 Å². The Hall–Kier alpha value is -1.03. The van der Waals surface area contributed by atoms with E-state index in [4.69, 9.17) is 5.73 Å². The molecule has 0 spiro atoms. The monoisotopic (exact) mass is 279 g/mol. The van der Waals surface area contributed by atoms with E-state index in [0.29, 0.717) is 22.4 Å². The average Bonchev–Trinajstić information content (AvgIpc) is 2.89. The van der Waals surface area contributed by atoms with Crippen LogP contribution >= 0.6 is 0 Å². The van der Waals surface area contributed by atoms with Crippen molar-refractivity contribution < 1.29 is 8.42 Å². The maximum absolute atomic E-state index is 12.5. The van der Waals surface area contributed by atoms with Gasteiger partial charge >= 0.3 is 0 Å². The summed E-state index contributed by atoms with van der Waals surface area (Å²) in [6, 6.07) is 5.23. The minimum Gasteiger partial charge on any atom is -0.398 e. The molecule has 1 aromatic carbocycles. The number of benzene rings is 1. The van der Waals surface area contributed by atoms with Gasteiger partial charge in [-0.1, -0.05) is 12.5 Å². The van der Waals surface area contributed by atoms with Crippen molar-refractivity contribution in [2.45, 2.75) is 37.5 Å². The van der Waals surface area contributed by atoms with Crippen molar-refractivity contribution in [3.8, 4) is 0 Å². The first kappa shape index (κ1) is 13.0. The molecular formula is C15H21NO2S. The summed E-state index contributed by atoms with van der Waals surface area (Å²) in [4.78, 5) is 0.320. The second kappa shape index (κ2) is 4.51. The molecule has 2 bridgehead atoms. The molecule has 3 nitrogen and oxygen atoms in total. The van der Waals surface area contributed by atoms with Crippen molar-refractivity contribution in [2.75, 3.05) is 11.5 Å². The highest BCUT2D eigenvalue weighted by Gasteiger charge is 2.41. The highest BCUT2D eigenvalue weighted by molar-refractivity contribution is 7.91. The Kier molecular flexibility index (Phi) is 3.08. The highest BCUT2D eigenvalue weighted by Crippen LogP contribution is 2.49. The van der Waals surface area contributed by atoms with Gasteiger partial charge in [0.15, 0.2) is 9.84 Å². The Labute approximate surface area is 115 Å². The summed E-state index contributed by atoms with van der Waals surface area (Å²) in [5.41, 5.74) is 7.27. The first-order valence-electron chi connectivity index (χ1n) is 7.04. The van der Waals surface area contributed by atoms with Crippen LogP contribution in [0.15, 0.2) is 23.1 Å². The zero-order valence-electron chi connectivity index (χ0n) is 11.3. The lowest BCUT2D eigenvalue weighted by molar-refractivity contribution is 0.360. The van der Waals surface area contributed by atoms with E-state index in [9.17, 15) is 8.42 Å². The SMILES string of the molecule is Cc1ccc(S(=O)(=O)CC2CC3CCC2C3)c(N)c1. The fourth-order valence-electron chi connectivity index (χ4n) is 3.90. The molecule has 3 atom stereocenters. The van der Waals surface area contributed by atoms with Gasteiger partial charge in [-0.25, -0.2) is 8.42 Å². The molecule has 1 aromatic rings. The summed E-state index contributed by atoms with van der Waals surface area (Å²) in [6.07, 6.45) is 4.85. The number of nitrogens with two attached hydrogens (primary N) is 1. The first-order valence-corrected chi connectivity index (χ1v) is 8.70. The number of hydrogen-bond acceptors (Lipinski definition) is 3. The second-order valence-corrected chi connectivity index (χ2v) is 8.26. The van der Waals surface area contributed by atoms with Crippen LogP contribution < -0.4 is 5.73 Å². The van der Waals surface area contributed by atoms with Crippen LogP contribution in [0.25, 0.3) is 0 Å². The molecule has 2 aliphatic rings. The molecule has 0 amide bonds. The smallest absolute Gasteiger partial charge is 0.180 e. The highest BCUT2D eigenvalue weighted by atomic mass is 32.2. The van der Waals surface area contributed by atoms with Gasteiger partial charge in [-0.15, -0.1) is 0 Å². The second-order valence-electron chi connectivity index (χ2n) is 6.26. The maximum Gasteiger partial charge on any atom is 0.180 e. The normalized spacial score (nSPS) is 29.8. The van der Waals surface area contributed by atoms with E-state index in [0.717, 1.165) is 17.9 Å². The molecule has 4 heteroatoms. The molecule has 2 N–H and O–H groups in total. The van der Waals surface area contributed by atoms with Crippen LogP contribution in [-0.4, -0.2) is 14.2 Å². The molecule has 2 aliphatic carbocycles. The van der Waals surface area contributed by atoms with Gasteiger partial charge < -0.3 is 5.73 Å². The summed E-state index contributed by atoms with van der Waals surface area (Å²) >= 11 is 0. The third-order valence-corrected chi connectivity index (χ3v) is 6.73. The number of nitrogen functional groups attached to an aromatic ring is 1. The van der Waals surface area contributed by atoms with Gasteiger partial charge in [-0.05, 0) is 61.6 Å². The van der Waals surface area contributed by atoms with Crippen LogP contribution in [0.2, 0.25) is 0 Å². The van der Waals surface area contributed by atoms with E-state index >= 15 is 0 Å². The number of fused-ring (bicyclic) bond motifs is 2. The standard InChI is InChI=1S/C15H21NO2S/c1-10-2-5-15(14(16)6-10)19(17,18)9-13-8-11-3-4-12(13)7-11/h2,5-6,11-13H,3-4,7-9,16H2,1H3. The molecule has 2 fully saturated rings. The van der Waals surface area contributed by atoms with E-state index in [1.165, 1.54) is 19.3 Å². The molecular weight excluding hydrogens is 258 g/mol. The Bertz CT molecular complexity index is 594. The van der Waals surface area contributed by atoms with Crippen molar-refractivity contribution in [3.63, 3.8) is 0 Å². The Balaban J connectivity index is 1.83. The van der Waals surface area contributed by atoms with E-state index in [1.54, 1.807) is 12.1 Å². The van der Waals surface area contributed by atoms with E-state index in [1.807, 2.05) is 13.0 Å². The largest absolute Gasteiger partial charge is 0.398 e. The molecule has 3 unspecified atom stereocenters. The van der Waals surface area contributed by atoms with Crippen molar-refractivity contribution in [1.29, 1.82) is 0 Å². The van der Waals surface area contributed by atoms with Gasteiger partial charge in [0, 0.05) is 0 Å². The predicted molar refractivity (Wildman–Crippen MR) is 76.6 cm³/mol. The molecule has 19 heavy (non-hydrogen) atoms. The third kappa shape index (κ3) is 2.38. The first-order chi connectivity index (χ1) is 8.95. The van der Waals surface area contributed by atoms with Crippen molar-refractivity contribution >= 4 is 15.5 Å². The maximum atomic E-state index is 12.5. The predicted octanol–water partition coefficient (Wildman–Crippen LogP) is 2.79. The van der Waals surface area contributed by atoms with Gasteiger partial charge in [0.25, 0.3) is 0 Å². The quantitative estimate of drug-likeness (QED) is 0.865. The summed E-state index contributed by atoms with van der Waals surface area (Å²) in [6.45, 7) is 1.92. The molecule has 2 saturated carbocycles. The third-order valence-electron chi connectivity index (χ3n) is 4.82.